The van der Waals surface area contributed by atoms with Gasteiger partial charge in [0, 0.05) is 6.42 Å². The molecule has 0 radical (unpaired) electrons. The third-order valence-corrected chi connectivity index (χ3v) is 1.78. The molecule has 0 saturated heterocycles. The van der Waals surface area contributed by atoms with Crippen LogP contribution in [0.1, 0.15) is 13.3 Å². The van der Waals surface area contributed by atoms with Crippen molar-refractivity contribution in [1.29, 1.82) is 0 Å². The highest BCUT2D eigenvalue weighted by molar-refractivity contribution is 5.82. The Labute approximate surface area is 78.9 Å². The van der Waals surface area contributed by atoms with E-state index in [4.69, 9.17) is 4.74 Å². The van der Waals surface area contributed by atoms with Gasteiger partial charge in [0.25, 0.3) is 0 Å². The maximum atomic E-state index is 11.8. The van der Waals surface area contributed by atoms with Crippen molar-refractivity contribution in [1.82, 2.24) is 5.32 Å². The van der Waals surface area contributed by atoms with Gasteiger partial charge >= 0.3 is 12.1 Å². The topological polar surface area (TPSA) is 38.3 Å². The van der Waals surface area contributed by atoms with Crippen LogP contribution >= 0.6 is 0 Å². The summed E-state index contributed by atoms with van der Waals surface area (Å²) in [7, 11) is 0. The Morgan fingerprint density at radius 2 is 2.21 bits per heavy atom. The molecule has 0 aromatic heterocycles. The van der Waals surface area contributed by atoms with Crippen molar-refractivity contribution in [3.05, 3.63) is 12.3 Å². The molecule has 1 aliphatic heterocycles. The molecule has 0 bridgehead atoms. The number of hydrogen-bond donors (Lipinski definition) is 1. The van der Waals surface area contributed by atoms with Crippen LogP contribution in [0, 0.1) is 0 Å². The number of nitrogens with one attached hydrogen (secondary N) is 1. The van der Waals surface area contributed by atoms with Gasteiger partial charge in [0.2, 0.25) is 0 Å². The highest BCUT2D eigenvalue weighted by atomic mass is 19.4. The zero-order chi connectivity index (χ0) is 10.8. The Bertz CT molecular complexity index is 249. The number of hydrogen-bond acceptors (Lipinski definition) is 2. The van der Waals surface area contributed by atoms with Gasteiger partial charge in [0.05, 0.1) is 18.4 Å². The van der Waals surface area contributed by atoms with E-state index in [1.807, 2.05) is 5.32 Å². The Hall–Kier alpha value is -1.20. The molecular weight excluding hydrogens is 199 g/mol. The van der Waals surface area contributed by atoms with Crippen LogP contribution in [0.15, 0.2) is 12.3 Å². The van der Waals surface area contributed by atoms with Crippen LogP contribution in [0.4, 0.5) is 13.2 Å². The van der Waals surface area contributed by atoms with Crippen LogP contribution in [-0.2, 0) is 9.53 Å². The minimum absolute atomic E-state index is 0.182. The molecule has 1 amide bonds. The van der Waals surface area contributed by atoms with Crippen molar-refractivity contribution in [2.75, 3.05) is 0 Å². The van der Waals surface area contributed by atoms with Crippen LogP contribution < -0.4 is 5.32 Å². The average Bonchev–Trinajstić information content (AvgIpc) is 2.02. The van der Waals surface area contributed by atoms with Crippen molar-refractivity contribution >= 4 is 5.91 Å². The third-order valence-electron chi connectivity index (χ3n) is 1.78. The second-order valence-electron chi connectivity index (χ2n) is 3.09. The van der Waals surface area contributed by atoms with Gasteiger partial charge in [-0.25, -0.2) is 0 Å². The van der Waals surface area contributed by atoms with Crippen LogP contribution in [-0.4, -0.2) is 24.2 Å². The fourth-order valence-corrected chi connectivity index (χ4v) is 1.12. The second-order valence-corrected chi connectivity index (χ2v) is 3.09. The molecule has 1 rings (SSSR count). The minimum Gasteiger partial charge on any atom is -0.498 e. The van der Waals surface area contributed by atoms with Crippen molar-refractivity contribution in [3.63, 3.8) is 0 Å². The summed E-state index contributed by atoms with van der Waals surface area (Å²) in [6, 6.07) is -0.604. The smallest absolute Gasteiger partial charge is 0.471 e. The molecule has 14 heavy (non-hydrogen) atoms. The van der Waals surface area contributed by atoms with E-state index in [0.29, 0.717) is 6.42 Å². The molecule has 0 aliphatic carbocycles. The van der Waals surface area contributed by atoms with E-state index in [-0.39, 0.29) is 6.10 Å². The third kappa shape index (κ3) is 2.93. The molecule has 1 heterocycles. The Morgan fingerprint density at radius 3 is 2.71 bits per heavy atom. The zero-order valence-corrected chi connectivity index (χ0v) is 7.47. The SMILES string of the molecule is CC1CC(NC(=O)C(F)(F)F)C=CO1. The van der Waals surface area contributed by atoms with Gasteiger partial charge in [0.1, 0.15) is 0 Å². The predicted molar refractivity (Wildman–Crippen MR) is 42.3 cm³/mol. The van der Waals surface area contributed by atoms with Crippen molar-refractivity contribution < 1.29 is 22.7 Å². The number of halogens is 3. The van der Waals surface area contributed by atoms with Gasteiger partial charge in [-0.05, 0) is 13.0 Å². The highest BCUT2D eigenvalue weighted by Crippen LogP contribution is 2.17. The molecule has 6 heteroatoms. The van der Waals surface area contributed by atoms with Gasteiger partial charge in [-0.15, -0.1) is 0 Å². The quantitative estimate of drug-likeness (QED) is 0.708. The van der Waals surface area contributed by atoms with Crippen LogP contribution in [0.25, 0.3) is 0 Å². The summed E-state index contributed by atoms with van der Waals surface area (Å²) in [5, 5.41) is 1.86. The predicted octanol–water partition coefficient (Wildman–Crippen LogP) is 1.36. The van der Waals surface area contributed by atoms with E-state index in [1.165, 1.54) is 12.3 Å². The summed E-state index contributed by atoms with van der Waals surface area (Å²) in [4.78, 5) is 10.5. The maximum Gasteiger partial charge on any atom is 0.471 e. The normalized spacial score (nSPS) is 26.9. The first-order valence-electron chi connectivity index (χ1n) is 4.09. The molecule has 0 fully saturated rings. The van der Waals surface area contributed by atoms with Crippen molar-refractivity contribution in [2.24, 2.45) is 0 Å². The van der Waals surface area contributed by atoms with Gasteiger partial charge in [0.15, 0.2) is 0 Å². The lowest BCUT2D eigenvalue weighted by Crippen LogP contribution is -2.44. The molecule has 2 unspecified atom stereocenters. The molecule has 1 aliphatic rings. The fourth-order valence-electron chi connectivity index (χ4n) is 1.12. The molecule has 0 aromatic rings. The molecule has 0 spiro atoms. The maximum absolute atomic E-state index is 11.8. The molecule has 0 saturated carbocycles. The molecule has 2 atom stereocenters. The summed E-state index contributed by atoms with van der Waals surface area (Å²) in [5.41, 5.74) is 0. The summed E-state index contributed by atoms with van der Waals surface area (Å²) in [6.07, 6.45) is -1.97. The Kier molecular flexibility index (Phi) is 3.03. The van der Waals surface area contributed by atoms with Crippen LogP contribution in [0.3, 0.4) is 0 Å². The summed E-state index contributed by atoms with van der Waals surface area (Å²) in [6.45, 7) is 1.72. The number of carbonyl (C=O) groups is 1. The summed E-state index contributed by atoms with van der Waals surface area (Å²) >= 11 is 0. The lowest BCUT2D eigenvalue weighted by molar-refractivity contribution is -0.174. The average molecular weight is 209 g/mol. The monoisotopic (exact) mass is 209 g/mol. The molecule has 0 aromatic carbocycles. The number of amides is 1. The highest BCUT2D eigenvalue weighted by Gasteiger charge is 2.39. The first kappa shape index (κ1) is 10.9. The van der Waals surface area contributed by atoms with E-state index in [2.05, 4.69) is 0 Å². The van der Waals surface area contributed by atoms with Gasteiger partial charge in [-0.2, -0.15) is 13.2 Å². The second kappa shape index (κ2) is 3.89. The zero-order valence-electron chi connectivity index (χ0n) is 7.47. The van der Waals surface area contributed by atoms with E-state index < -0.39 is 18.1 Å². The Morgan fingerprint density at radius 1 is 1.57 bits per heavy atom. The summed E-state index contributed by atoms with van der Waals surface area (Å²) in [5.74, 6) is -1.92. The van der Waals surface area contributed by atoms with Crippen molar-refractivity contribution in [3.8, 4) is 0 Å². The number of carbonyl (C=O) groups excluding carboxylic acids is 1. The number of ether oxygens (including phenoxy) is 1. The lowest BCUT2D eigenvalue weighted by Gasteiger charge is -2.23. The van der Waals surface area contributed by atoms with Crippen LogP contribution in [0.2, 0.25) is 0 Å². The number of alkyl halides is 3. The molecule has 3 nitrogen and oxygen atoms in total. The molecular formula is C8H10F3NO2. The molecule has 80 valence electrons. The first-order valence-corrected chi connectivity index (χ1v) is 4.09. The fraction of sp³-hybridized carbons (Fsp3) is 0.625. The largest absolute Gasteiger partial charge is 0.498 e. The Balaban J connectivity index is 2.49. The van der Waals surface area contributed by atoms with E-state index in [9.17, 15) is 18.0 Å². The minimum atomic E-state index is -4.82. The molecule has 1 N–H and O–H groups in total. The van der Waals surface area contributed by atoms with E-state index >= 15 is 0 Å². The standard InChI is InChI=1S/C8H10F3NO2/c1-5-4-6(2-3-14-5)12-7(13)8(9,10)11/h2-3,5-6H,4H2,1H3,(H,12,13). The van der Waals surface area contributed by atoms with E-state index in [0.717, 1.165) is 0 Å². The van der Waals surface area contributed by atoms with E-state index in [1.54, 1.807) is 6.92 Å². The van der Waals surface area contributed by atoms with Crippen molar-refractivity contribution in [2.45, 2.75) is 31.7 Å². The number of rotatable bonds is 1. The summed E-state index contributed by atoms with van der Waals surface area (Å²) < 4.78 is 40.5. The van der Waals surface area contributed by atoms with Gasteiger partial charge < -0.3 is 10.1 Å². The lowest BCUT2D eigenvalue weighted by atomic mass is 10.1. The van der Waals surface area contributed by atoms with Gasteiger partial charge in [-0.3, -0.25) is 4.79 Å². The van der Waals surface area contributed by atoms with Gasteiger partial charge in [-0.1, -0.05) is 0 Å². The van der Waals surface area contributed by atoms with Crippen LogP contribution in [0.5, 0.6) is 0 Å². The first-order chi connectivity index (χ1) is 6.39.